The molecular weight excluding hydrogens is 232 g/mol. The maximum absolute atomic E-state index is 10.7. The Bertz CT molecular complexity index is 345. The quantitative estimate of drug-likeness (QED) is 0.652. The lowest BCUT2D eigenvalue weighted by Gasteiger charge is -2.06. The van der Waals surface area contributed by atoms with Gasteiger partial charge in [-0.3, -0.25) is 4.79 Å². The van der Waals surface area contributed by atoms with Crippen LogP contribution < -0.4 is 0 Å². The second kappa shape index (κ2) is 4.23. The van der Waals surface area contributed by atoms with Gasteiger partial charge in [0.2, 0.25) is 0 Å². The van der Waals surface area contributed by atoms with E-state index in [0.717, 1.165) is 6.29 Å². The molecule has 1 rings (SSSR count). The molecule has 0 saturated carbocycles. The molecule has 68 valence electrons. The molecule has 0 heterocycles. The third-order valence-corrected chi connectivity index (χ3v) is 2.44. The van der Waals surface area contributed by atoms with Crippen LogP contribution in [0.4, 0.5) is 0 Å². The predicted octanol–water partition coefficient (Wildman–Crippen LogP) is 2.70. The second-order valence-corrected chi connectivity index (χ2v) is 3.42. The number of rotatable bonds is 3. The van der Waals surface area contributed by atoms with Crippen molar-refractivity contribution in [1.82, 2.24) is 0 Å². The fourth-order valence-corrected chi connectivity index (χ4v) is 1.58. The molecule has 0 atom stereocenters. The molecule has 0 bridgehead atoms. The minimum Gasteiger partial charge on any atom is -0.508 e. The standard InChI is InChI=1S/C10H9BrO2/c1-2-3-7-8(6-12)9(11)4-5-10(7)13/h2,4-6,13H,1,3H2. The normalized spacial score (nSPS) is 9.62. The van der Waals surface area contributed by atoms with Gasteiger partial charge in [0.15, 0.2) is 6.29 Å². The number of aldehydes is 1. The van der Waals surface area contributed by atoms with Gasteiger partial charge in [-0.15, -0.1) is 6.58 Å². The molecule has 3 heteroatoms. The van der Waals surface area contributed by atoms with Crippen LogP contribution in [0.15, 0.2) is 29.3 Å². The summed E-state index contributed by atoms with van der Waals surface area (Å²) in [6.45, 7) is 3.56. The summed E-state index contributed by atoms with van der Waals surface area (Å²) >= 11 is 3.23. The minimum absolute atomic E-state index is 0.130. The number of hydrogen-bond acceptors (Lipinski definition) is 2. The summed E-state index contributed by atoms with van der Waals surface area (Å²) in [5, 5.41) is 9.45. The highest BCUT2D eigenvalue weighted by Crippen LogP contribution is 2.27. The van der Waals surface area contributed by atoms with Crippen molar-refractivity contribution in [2.45, 2.75) is 6.42 Å². The second-order valence-electron chi connectivity index (χ2n) is 2.57. The van der Waals surface area contributed by atoms with Crippen LogP contribution in [0.3, 0.4) is 0 Å². The lowest BCUT2D eigenvalue weighted by atomic mass is 10.0. The van der Waals surface area contributed by atoms with Crippen LogP contribution in [0.5, 0.6) is 5.75 Å². The van der Waals surface area contributed by atoms with E-state index in [1.54, 1.807) is 18.2 Å². The van der Waals surface area contributed by atoms with E-state index in [9.17, 15) is 9.90 Å². The highest BCUT2D eigenvalue weighted by atomic mass is 79.9. The smallest absolute Gasteiger partial charge is 0.151 e. The van der Waals surface area contributed by atoms with Crippen molar-refractivity contribution in [2.75, 3.05) is 0 Å². The van der Waals surface area contributed by atoms with Crippen molar-refractivity contribution in [2.24, 2.45) is 0 Å². The molecule has 13 heavy (non-hydrogen) atoms. The van der Waals surface area contributed by atoms with E-state index in [0.29, 0.717) is 22.0 Å². The molecule has 0 aliphatic carbocycles. The Morgan fingerprint density at radius 3 is 2.77 bits per heavy atom. The van der Waals surface area contributed by atoms with Crippen molar-refractivity contribution in [3.8, 4) is 5.75 Å². The molecule has 0 radical (unpaired) electrons. The summed E-state index contributed by atoms with van der Waals surface area (Å²) in [5.41, 5.74) is 1.10. The van der Waals surface area contributed by atoms with Gasteiger partial charge in [0.05, 0.1) is 0 Å². The Morgan fingerprint density at radius 2 is 2.23 bits per heavy atom. The van der Waals surface area contributed by atoms with Crippen molar-refractivity contribution in [3.05, 3.63) is 40.4 Å². The lowest BCUT2D eigenvalue weighted by Crippen LogP contribution is -1.93. The Labute approximate surface area is 85.0 Å². The third kappa shape index (κ3) is 1.98. The zero-order chi connectivity index (χ0) is 9.84. The van der Waals surface area contributed by atoms with Crippen LogP contribution >= 0.6 is 15.9 Å². The largest absolute Gasteiger partial charge is 0.508 e. The van der Waals surface area contributed by atoms with Gasteiger partial charge in [-0.05, 0) is 18.6 Å². The number of benzene rings is 1. The number of halogens is 1. The molecule has 0 amide bonds. The van der Waals surface area contributed by atoms with E-state index in [1.165, 1.54) is 0 Å². The Hall–Kier alpha value is -1.09. The van der Waals surface area contributed by atoms with Gasteiger partial charge in [-0.2, -0.15) is 0 Å². The average molecular weight is 241 g/mol. The first-order valence-electron chi connectivity index (χ1n) is 3.77. The van der Waals surface area contributed by atoms with E-state index in [2.05, 4.69) is 22.5 Å². The van der Waals surface area contributed by atoms with Crippen LogP contribution in [0.2, 0.25) is 0 Å². The Kier molecular flexibility index (Phi) is 3.25. The fourth-order valence-electron chi connectivity index (χ4n) is 1.11. The Balaban J connectivity index is 3.33. The maximum Gasteiger partial charge on any atom is 0.151 e. The van der Waals surface area contributed by atoms with Gasteiger partial charge < -0.3 is 5.11 Å². The number of aromatic hydroxyl groups is 1. The highest BCUT2D eigenvalue weighted by molar-refractivity contribution is 9.10. The van der Waals surface area contributed by atoms with Gasteiger partial charge in [-0.1, -0.05) is 22.0 Å². The molecule has 0 spiro atoms. The molecule has 0 unspecified atom stereocenters. The van der Waals surface area contributed by atoms with Crippen molar-refractivity contribution < 1.29 is 9.90 Å². The number of allylic oxidation sites excluding steroid dienone is 1. The topological polar surface area (TPSA) is 37.3 Å². The van der Waals surface area contributed by atoms with Gasteiger partial charge in [0.1, 0.15) is 5.75 Å². The minimum atomic E-state index is 0.130. The summed E-state index contributed by atoms with van der Waals surface area (Å²) in [7, 11) is 0. The molecule has 1 aromatic carbocycles. The van der Waals surface area contributed by atoms with Gasteiger partial charge in [-0.25, -0.2) is 0 Å². The first-order chi connectivity index (χ1) is 6.20. The molecule has 1 N–H and O–H groups in total. The maximum atomic E-state index is 10.7. The number of hydrogen-bond donors (Lipinski definition) is 1. The summed E-state index contributed by atoms with van der Waals surface area (Å²) < 4.78 is 0.692. The molecule has 0 saturated heterocycles. The Morgan fingerprint density at radius 1 is 1.54 bits per heavy atom. The van der Waals surface area contributed by atoms with E-state index >= 15 is 0 Å². The summed E-state index contributed by atoms with van der Waals surface area (Å²) in [6, 6.07) is 3.20. The van der Waals surface area contributed by atoms with Crippen molar-refractivity contribution in [3.63, 3.8) is 0 Å². The van der Waals surface area contributed by atoms with E-state index in [1.807, 2.05) is 0 Å². The first kappa shape index (κ1) is 9.99. The SMILES string of the molecule is C=CCc1c(O)ccc(Br)c1C=O. The van der Waals surface area contributed by atoms with Crippen molar-refractivity contribution in [1.29, 1.82) is 0 Å². The fraction of sp³-hybridized carbons (Fsp3) is 0.100. The van der Waals surface area contributed by atoms with Gasteiger partial charge in [0, 0.05) is 15.6 Å². The zero-order valence-electron chi connectivity index (χ0n) is 6.96. The van der Waals surface area contributed by atoms with Gasteiger partial charge in [0.25, 0.3) is 0 Å². The third-order valence-electron chi connectivity index (χ3n) is 1.75. The van der Waals surface area contributed by atoms with E-state index in [-0.39, 0.29) is 5.75 Å². The predicted molar refractivity (Wildman–Crippen MR) is 55.1 cm³/mol. The molecular formula is C10H9BrO2. The van der Waals surface area contributed by atoms with Crippen LogP contribution in [-0.2, 0) is 6.42 Å². The number of phenols is 1. The number of carbonyl (C=O) groups is 1. The zero-order valence-corrected chi connectivity index (χ0v) is 8.54. The van der Waals surface area contributed by atoms with Crippen LogP contribution in [0, 0.1) is 0 Å². The lowest BCUT2D eigenvalue weighted by molar-refractivity contribution is 0.112. The molecule has 0 aliphatic heterocycles. The monoisotopic (exact) mass is 240 g/mol. The summed E-state index contributed by atoms with van der Waals surface area (Å²) in [5.74, 6) is 0.130. The molecule has 0 aromatic heterocycles. The van der Waals surface area contributed by atoms with E-state index < -0.39 is 0 Å². The molecule has 2 nitrogen and oxygen atoms in total. The number of carbonyl (C=O) groups excluding carboxylic acids is 1. The molecule has 0 aliphatic rings. The van der Waals surface area contributed by atoms with E-state index in [4.69, 9.17) is 0 Å². The molecule has 0 fully saturated rings. The summed E-state index contributed by atoms with van der Waals surface area (Å²) in [6.07, 6.45) is 2.86. The highest BCUT2D eigenvalue weighted by Gasteiger charge is 2.09. The van der Waals surface area contributed by atoms with Crippen LogP contribution in [0.1, 0.15) is 15.9 Å². The summed E-state index contributed by atoms with van der Waals surface area (Å²) in [4.78, 5) is 10.7. The van der Waals surface area contributed by atoms with Crippen molar-refractivity contribution >= 4 is 22.2 Å². The van der Waals surface area contributed by atoms with Gasteiger partial charge >= 0.3 is 0 Å². The van der Waals surface area contributed by atoms with Crippen LogP contribution in [0.25, 0.3) is 0 Å². The average Bonchev–Trinajstić information content (AvgIpc) is 2.12. The first-order valence-corrected chi connectivity index (χ1v) is 4.56. The number of phenolic OH excluding ortho intramolecular Hbond substituents is 1. The van der Waals surface area contributed by atoms with Crippen LogP contribution in [-0.4, -0.2) is 11.4 Å². The molecule has 1 aromatic rings.